The third-order valence-electron chi connectivity index (χ3n) is 2.39. The van der Waals surface area contributed by atoms with Crippen molar-refractivity contribution in [3.05, 3.63) is 17.5 Å². The predicted molar refractivity (Wildman–Crippen MR) is 68.3 cm³/mol. The Morgan fingerprint density at radius 3 is 2.78 bits per heavy atom. The average molecular weight is 257 g/mol. The van der Waals surface area contributed by atoms with Crippen LogP contribution in [-0.4, -0.2) is 45.6 Å². The van der Waals surface area contributed by atoms with E-state index in [1.807, 2.05) is 6.07 Å². The second-order valence-electron chi connectivity index (χ2n) is 3.99. The summed E-state index contributed by atoms with van der Waals surface area (Å²) in [4.78, 5) is 0. The van der Waals surface area contributed by atoms with Crippen LogP contribution in [0.4, 0.5) is 0 Å². The number of nitrogens with zero attached hydrogens (tertiary/aromatic N) is 1. The number of methoxy groups -OCH3 is 2. The molecule has 0 aliphatic rings. The highest BCUT2D eigenvalue weighted by Crippen LogP contribution is 2.04. The van der Waals surface area contributed by atoms with Crippen molar-refractivity contribution in [2.24, 2.45) is 0 Å². The van der Waals surface area contributed by atoms with E-state index in [1.54, 1.807) is 14.2 Å². The van der Waals surface area contributed by atoms with Gasteiger partial charge in [-0.25, -0.2) is 0 Å². The van der Waals surface area contributed by atoms with E-state index >= 15 is 0 Å². The molecule has 0 saturated heterocycles. The molecule has 1 aromatic heterocycles. The molecule has 1 heterocycles. The molecule has 0 aliphatic carbocycles. The summed E-state index contributed by atoms with van der Waals surface area (Å²) in [7, 11) is 3.34. The molecule has 2 N–H and O–H groups in total. The highest BCUT2D eigenvalue weighted by molar-refractivity contribution is 5.04. The van der Waals surface area contributed by atoms with Crippen molar-refractivity contribution in [3.63, 3.8) is 0 Å². The van der Waals surface area contributed by atoms with E-state index in [4.69, 9.17) is 14.0 Å². The van der Waals surface area contributed by atoms with E-state index in [0.29, 0.717) is 6.61 Å². The van der Waals surface area contributed by atoms with Gasteiger partial charge in [0.2, 0.25) is 0 Å². The highest BCUT2D eigenvalue weighted by Gasteiger charge is 2.02. The number of ether oxygens (including phenoxy) is 2. The van der Waals surface area contributed by atoms with E-state index in [-0.39, 0.29) is 0 Å². The first-order valence-corrected chi connectivity index (χ1v) is 6.20. The van der Waals surface area contributed by atoms with Crippen molar-refractivity contribution in [2.45, 2.75) is 19.6 Å². The molecule has 6 heteroatoms. The molecule has 18 heavy (non-hydrogen) atoms. The van der Waals surface area contributed by atoms with Gasteiger partial charge in [-0.15, -0.1) is 0 Å². The molecule has 0 spiro atoms. The molecule has 0 amide bonds. The first kappa shape index (κ1) is 15.1. The maximum atomic E-state index is 5.09. The second-order valence-corrected chi connectivity index (χ2v) is 3.99. The van der Waals surface area contributed by atoms with Crippen LogP contribution >= 0.6 is 0 Å². The van der Waals surface area contributed by atoms with E-state index in [2.05, 4.69) is 15.8 Å². The molecule has 104 valence electrons. The van der Waals surface area contributed by atoms with Crippen molar-refractivity contribution in [1.82, 2.24) is 15.8 Å². The van der Waals surface area contributed by atoms with Crippen molar-refractivity contribution < 1.29 is 14.0 Å². The molecule has 0 unspecified atom stereocenters. The maximum absolute atomic E-state index is 5.09. The summed E-state index contributed by atoms with van der Waals surface area (Å²) < 4.78 is 15.0. The zero-order chi connectivity index (χ0) is 13.1. The van der Waals surface area contributed by atoms with Crippen LogP contribution in [0.2, 0.25) is 0 Å². The Morgan fingerprint density at radius 1 is 1.17 bits per heavy atom. The van der Waals surface area contributed by atoms with Crippen LogP contribution in [0.5, 0.6) is 0 Å². The largest absolute Gasteiger partial charge is 0.383 e. The van der Waals surface area contributed by atoms with Gasteiger partial charge in [0.1, 0.15) is 6.61 Å². The minimum Gasteiger partial charge on any atom is -0.383 e. The first-order valence-electron chi connectivity index (χ1n) is 6.20. The molecule has 0 atom stereocenters. The maximum Gasteiger partial charge on any atom is 0.162 e. The molecule has 0 saturated carbocycles. The summed E-state index contributed by atoms with van der Waals surface area (Å²) in [6, 6.07) is 1.91. The molecule has 0 bridgehead atoms. The van der Waals surface area contributed by atoms with Gasteiger partial charge in [0, 0.05) is 33.4 Å². The van der Waals surface area contributed by atoms with Gasteiger partial charge in [-0.1, -0.05) is 5.16 Å². The van der Waals surface area contributed by atoms with Crippen LogP contribution < -0.4 is 10.6 Å². The Morgan fingerprint density at radius 2 is 2.00 bits per heavy atom. The summed E-state index contributed by atoms with van der Waals surface area (Å²) >= 11 is 0. The third kappa shape index (κ3) is 6.70. The van der Waals surface area contributed by atoms with Crippen LogP contribution in [0.25, 0.3) is 0 Å². The van der Waals surface area contributed by atoms with Gasteiger partial charge >= 0.3 is 0 Å². The van der Waals surface area contributed by atoms with Gasteiger partial charge in [0.15, 0.2) is 5.76 Å². The smallest absolute Gasteiger partial charge is 0.162 e. The van der Waals surface area contributed by atoms with Crippen LogP contribution in [-0.2, 0) is 22.6 Å². The molecule has 6 nitrogen and oxygen atoms in total. The lowest BCUT2D eigenvalue weighted by Crippen LogP contribution is -2.24. The Bertz CT molecular complexity index is 305. The number of hydrogen-bond acceptors (Lipinski definition) is 6. The van der Waals surface area contributed by atoms with Crippen molar-refractivity contribution >= 4 is 0 Å². The van der Waals surface area contributed by atoms with Gasteiger partial charge in [-0.3, -0.25) is 0 Å². The molecule has 0 aliphatic heterocycles. The van der Waals surface area contributed by atoms with Crippen LogP contribution in [0, 0.1) is 0 Å². The molecular formula is C12H23N3O3. The summed E-state index contributed by atoms with van der Waals surface area (Å²) in [6.07, 6.45) is 1.08. The summed E-state index contributed by atoms with van der Waals surface area (Å²) in [6.45, 7) is 4.80. The lowest BCUT2D eigenvalue weighted by Gasteiger charge is -2.04. The molecular weight excluding hydrogens is 234 g/mol. The molecule has 0 aromatic carbocycles. The van der Waals surface area contributed by atoms with E-state index in [1.165, 1.54) is 0 Å². The first-order chi connectivity index (χ1) is 8.86. The molecule has 1 aromatic rings. The predicted octanol–water partition coefficient (Wildman–Crippen LogP) is 0.537. The Balaban J connectivity index is 1.96. The van der Waals surface area contributed by atoms with E-state index in [9.17, 15) is 0 Å². The number of hydrogen-bond donors (Lipinski definition) is 2. The molecule has 0 fully saturated rings. The fraction of sp³-hybridized carbons (Fsp3) is 0.750. The van der Waals surface area contributed by atoms with Gasteiger partial charge in [0.25, 0.3) is 0 Å². The summed E-state index contributed by atoms with van der Waals surface area (Å²) in [5.41, 5.74) is 0.911. The zero-order valence-corrected chi connectivity index (χ0v) is 11.2. The molecule has 1 rings (SSSR count). The summed E-state index contributed by atoms with van der Waals surface area (Å²) in [5.74, 6) is 0.760. The number of rotatable bonds is 11. The van der Waals surface area contributed by atoms with Gasteiger partial charge in [-0.05, 0) is 19.5 Å². The van der Waals surface area contributed by atoms with Gasteiger partial charge < -0.3 is 24.6 Å². The Labute approximate surface area is 108 Å². The Hall–Kier alpha value is -0.950. The lowest BCUT2D eigenvalue weighted by atomic mass is 10.3. The lowest BCUT2D eigenvalue weighted by molar-refractivity contribution is 0.155. The van der Waals surface area contributed by atoms with Gasteiger partial charge in [-0.2, -0.15) is 0 Å². The van der Waals surface area contributed by atoms with Crippen molar-refractivity contribution in [3.8, 4) is 0 Å². The third-order valence-corrected chi connectivity index (χ3v) is 2.39. The number of nitrogens with one attached hydrogen (secondary N) is 2. The highest BCUT2D eigenvalue weighted by atomic mass is 16.5. The van der Waals surface area contributed by atoms with Gasteiger partial charge in [0.05, 0.1) is 12.3 Å². The zero-order valence-electron chi connectivity index (χ0n) is 11.2. The van der Waals surface area contributed by atoms with Crippen LogP contribution in [0.1, 0.15) is 17.9 Å². The fourth-order valence-corrected chi connectivity index (χ4v) is 1.50. The minimum absolute atomic E-state index is 0.469. The average Bonchev–Trinajstić information content (AvgIpc) is 2.81. The normalized spacial score (nSPS) is 11.0. The standard InChI is InChI=1S/C12H23N3O3/c1-16-7-6-13-4-3-5-14-9-11-8-12(10-17-2)18-15-11/h8,13-14H,3-7,9-10H2,1-2H3. The Kier molecular flexibility index (Phi) is 8.41. The monoisotopic (exact) mass is 257 g/mol. The van der Waals surface area contributed by atoms with Crippen LogP contribution in [0.15, 0.2) is 10.6 Å². The van der Waals surface area contributed by atoms with E-state index < -0.39 is 0 Å². The van der Waals surface area contributed by atoms with Crippen molar-refractivity contribution in [2.75, 3.05) is 40.5 Å². The SMILES string of the molecule is COCCNCCCNCc1cc(COC)on1. The second kappa shape index (κ2) is 10.0. The van der Waals surface area contributed by atoms with E-state index in [0.717, 1.165) is 50.7 Å². The summed E-state index contributed by atoms with van der Waals surface area (Å²) in [5, 5.41) is 10.5. The quantitative estimate of drug-likeness (QED) is 0.564. The fourth-order valence-electron chi connectivity index (χ4n) is 1.50. The minimum atomic E-state index is 0.469. The van der Waals surface area contributed by atoms with Crippen molar-refractivity contribution in [1.29, 1.82) is 0 Å². The topological polar surface area (TPSA) is 68.5 Å². The molecule has 0 radical (unpaired) electrons. The van der Waals surface area contributed by atoms with Crippen LogP contribution in [0.3, 0.4) is 0 Å². The number of aromatic nitrogens is 1.